The van der Waals surface area contributed by atoms with Gasteiger partial charge >= 0.3 is 0 Å². The number of thioether (sulfide) groups is 1. The number of hydrogen-bond acceptors (Lipinski definition) is 6. The first-order valence-corrected chi connectivity index (χ1v) is 8.60. The number of nitrogens with zero attached hydrogens (tertiary/aromatic N) is 2. The van der Waals surface area contributed by atoms with Crippen LogP contribution in [0.1, 0.15) is 11.3 Å². The van der Waals surface area contributed by atoms with E-state index in [0.29, 0.717) is 26.3 Å². The van der Waals surface area contributed by atoms with Crippen LogP contribution in [0.4, 0.5) is 5.69 Å². The van der Waals surface area contributed by atoms with Gasteiger partial charge in [0.2, 0.25) is 0 Å². The maximum absolute atomic E-state index is 12.1. The van der Waals surface area contributed by atoms with Gasteiger partial charge < -0.3 is 9.32 Å². The molecule has 0 amide bonds. The number of Topliss-reactive ketones (excluding diaryl/α,β-unsaturated/α-hetero) is 1. The Kier molecular flexibility index (Phi) is 4.73. The first-order valence-electron chi connectivity index (χ1n) is 7.38. The van der Waals surface area contributed by atoms with Crippen molar-refractivity contribution in [3.05, 3.63) is 56.7 Å². The molecule has 2 heterocycles. The highest BCUT2D eigenvalue weighted by Gasteiger charge is 2.24. The largest absolute Gasteiger partial charge is 0.457 e. The molecule has 1 aromatic heterocycles. The molecule has 0 aliphatic carbocycles. The molecule has 0 N–H and O–H groups in total. The summed E-state index contributed by atoms with van der Waals surface area (Å²) in [6.45, 7) is 1.94. The fourth-order valence-corrected chi connectivity index (χ4v) is 3.52. The molecule has 0 bridgehead atoms. The van der Waals surface area contributed by atoms with Gasteiger partial charge in [-0.25, -0.2) is 0 Å². The van der Waals surface area contributed by atoms with Crippen molar-refractivity contribution in [2.45, 2.75) is 6.92 Å². The van der Waals surface area contributed by atoms with Crippen molar-refractivity contribution in [3.8, 4) is 11.3 Å². The SMILES string of the molecule is Cc1cc(-c2ccc(C=C3SC(=S)N(C)CC3=O)o2)ccc1[N+](=O)[O-]. The average molecular weight is 374 g/mol. The van der Waals surface area contributed by atoms with E-state index in [4.69, 9.17) is 16.6 Å². The minimum absolute atomic E-state index is 0.00905. The van der Waals surface area contributed by atoms with Crippen LogP contribution in [0.15, 0.2) is 39.7 Å². The summed E-state index contributed by atoms with van der Waals surface area (Å²) in [7, 11) is 1.78. The molecule has 1 saturated heterocycles. The summed E-state index contributed by atoms with van der Waals surface area (Å²) >= 11 is 6.46. The highest BCUT2D eigenvalue weighted by Crippen LogP contribution is 2.31. The highest BCUT2D eigenvalue weighted by atomic mass is 32.2. The van der Waals surface area contributed by atoms with Crippen LogP contribution in [0.2, 0.25) is 0 Å². The van der Waals surface area contributed by atoms with E-state index in [2.05, 4.69) is 0 Å². The van der Waals surface area contributed by atoms with Gasteiger partial charge in [-0.15, -0.1) is 0 Å². The summed E-state index contributed by atoms with van der Waals surface area (Å²) in [5.41, 5.74) is 1.37. The lowest BCUT2D eigenvalue weighted by Gasteiger charge is -2.24. The Morgan fingerprint density at radius 2 is 2.12 bits per heavy atom. The molecular formula is C17H14N2O4S2. The molecule has 1 aliphatic heterocycles. The molecule has 25 heavy (non-hydrogen) atoms. The fraction of sp³-hybridized carbons (Fsp3) is 0.176. The first kappa shape index (κ1) is 17.4. The van der Waals surface area contributed by atoms with Crippen molar-refractivity contribution < 1.29 is 14.1 Å². The number of aryl methyl sites for hydroxylation is 1. The maximum atomic E-state index is 12.1. The molecule has 8 heteroatoms. The van der Waals surface area contributed by atoms with Gasteiger partial charge in [-0.05, 0) is 37.3 Å². The predicted molar refractivity (Wildman–Crippen MR) is 101 cm³/mol. The van der Waals surface area contributed by atoms with Gasteiger partial charge in [0.15, 0.2) is 5.78 Å². The predicted octanol–water partition coefficient (Wildman–Crippen LogP) is 4.04. The number of ketones is 1. The summed E-state index contributed by atoms with van der Waals surface area (Å²) in [5.74, 6) is 1.11. The second kappa shape index (κ2) is 6.81. The molecule has 1 aliphatic rings. The molecule has 0 atom stereocenters. The molecule has 1 fully saturated rings. The minimum Gasteiger partial charge on any atom is -0.457 e. The van der Waals surface area contributed by atoms with Crippen LogP contribution in [0.3, 0.4) is 0 Å². The second-order valence-corrected chi connectivity index (χ2v) is 7.29. The molecule has 0 radical (unpaired) electrons. The lowest BCUT2D eigenvalue weighted by atomic mass is 10.1. The Hall–Kier alpha value is -2.45. The molecule has 0 unspecified atom stereocenters. The summed E-state index contributed by atoms with van der Waals surface area (Å²) in [6, 6.07) is 8.34. The summed E-state index contributed by atoms with van der Waals surface area (Å²) in [6.07, 6.45) is 1.67. The lowest BCUT2D eigenvalue weighted by molar-refractivity contribution is -0.385. The number of nitro groups is 1. The van der Waals surface area contributed by atoms with E-state index in [-0.39, 0.29) is 18.0 Å². The molecule has 3 rings (SSSR count). The fourth-order valence-electron chi connectivity index (χ4n) is 2.43. The van der Waals surface area contributed by atoms with Gasteiger partial charge in [-0.3, -0.25) is 14.9 Å². The van der Waals surface area contributed by atoms with Crippen LogP contribution in [0, 0.1) is 17.0 Å². The summed E-state index contributed by atoms with van der Waals surface area (Å²) < 4.78 is 6.41. The topological polar surface area (TPSA) is 76.6 Å². The molecule has 0 spiro atoms. The number of hydrogen-bond donors (Lipinski definition) is 0. The van der Waals surface area contributed by atoms with E-state index in [1.807, 2.05) is 0 Å². The normalized spacial score (nSPS) is 16.6. The number of nitro benzene ring substituents is 1. The Balaban J connectivity index is 1.87. The first-order chi connectivity index (χ1) is 11.8. The van der Waals surface area contributed by atoms with Crippen LogP contribution in [0.25, 0.3) is 17.4 Å². The Bertz CT molecular complexity index is 917. The van der Waals surface area contributed by atoms with E-state index < -0.39 is 4.92 Å². The summed E-state index contributed by atoms with van der Waals surface area (Å²) in [4.78, 5) is 24.8. The molecule has 128 valence electrons. The third-order valence-corrected chi connectivity index (χ3v) is 5.36. The van der Waals surface area contributed by atoms with Gasteiger partial charge in [-0.1, -0.05) is 24.0 Å². The zero-order chi connectivity index (χ0) is 18.1. The second-order valence-electron chi connectivity index (χ2n) is 5.62. The molecular weight excluding hydrogens is 360 g/mol. The van der Waals surface area contributed by atoms with Crippen molar-refractivity contribution in [2.75, 3.05) is 13.6 Å². The molecule has 1 aromatic carbocycles. The Morgan fingerprint density at radius 1 is 1.36 bits per heavy atom. The third-order valence-electron chi connectivity index (χ3n) is 3.74. The number of benzene rings is 1. The number of likely N-dealkylation sites (N-methyl/N-ethyl adjacent to an activating group) is 1. The van der Waals surface area contributed by atoms with Crippen LogP contribution >= 0.6 is 24.0 Å². The standard InChI is InChI=1S/C17H14N2O4S2/c1-10-7-11(3-5-13(10)19(21)22)15-6-4-12(23-15)8-16-14(20)9-18(2)17(24)25-16/h3-8H,9H2,1-2H3. The van der Waals surface area contributed by atoms with Crippen LogP contribution in [-0.4, -0.2) is 33.5 Å². The Morgan fingerprint density at radius 3 is 2.80 bits per heavy atom. The van der Waals surface area contributed by atoms with E-state index >= 15 is 0 Å². The van der Waals surface area contributed by atoms with Crippen LogP contribution in [0.5, 0.6) is 0 Å². The van der Waals surface area contributed by atoms with Crippen LogP contribution in [-0.2, 0) is 4.79 Å². The smallest absolute Gasteiger partial charge is 0.272 e. The minimum atomic E-state index is -0.414. The number of rotatable bonds is 3. The Labute approximate surface area is 153 Å². The van der Waals surface area contributed by atoms with E-state index in [1.165, 1.54) is 17.8 Å². The zero-order valence-corrected chi connectivity index (χ0v) is 15.1. The molecule has 6 nitrogen and oxygen atoms in total. The number of carbonyl (C=O) groups excluding carboxylic acids is 1. The summed E-state index contributed by atoms with van der Waals surface area (Å²) in [5, 5.41) is 10.9. The van der Waals surface area contributed by atoms with E-state index in [1.54, 1.807) is 49.2 Å². The monoisotopic (exact) mass is 374 g/mol. The quantitative estimate of drug-likeness (QED) is 0.347. The van der Waals surface area contributed by atoms with E-state index in [9.17, 15) is 14.9 Å². The third kappa shape index (κ3) is 3.64. The lowest BCUT2D eigenvalue weighted by Crippen LogP contribution is -2.34. The van der Waals surface area contributed by atoms with Gasteiger partial charge in [-0.2, -0.15) is 0 Å². The molecule has 0 saturated carbocycles. The van der Waals surface area contributed by atoms with Gasteiger partial charge in [0.25, 0.3) is 5.69 Å². The van der Waals surface area contributed by atoms with Crippen molar-refractivity contribution in [2.24, 2.45) is 0 Å². The van der Waals surface area contributed by atoms with Crippen molar-refractivity contribution in [1.82, 2.24) is 4.90 Å². The van der Waals surface area contributed by atoms with Crippen molar-refractivity contribution in [3.63, 3.8) is 0 Å². The van der Waals surface area contributed by atoms with Gasteiger partial charge in [0.1, 0.15) is 15.8 Å². The van der Waals surface area contributed by atoms with Crippen molar-refractivity contribution in [1.29, 1.82) is 0 Å². The zero-order valence-electron chi connectivity index (χ0n) is 13.5. The van der Waals surface area contributed by atoms with E-state index in [0.717, 1.165) is 5.56 Å². The maximum Gasteiger partial charge on any atom is 0.272 e. The number of furan rings is 1. The number of thiocarbonyl (C=S) groups is 1. The average Bonchev–Trinajstić information content (AvgIpc) is 3.00. The van der Waals surface area contributed by atoms with Crippen LogP contribution < -0.4 is 0 Å². The van der Waals surface area contributed by atoms with Gasteiger partial charge in [0, 0.05) is 24.2 Å². The highest BCUT2D eigenvalue weighted by molar-refractivity contribution is 8.26. The van der Waals surface area contributed by atoms with Gasteiger partial charge in [0.05, 0.1) is 16.4 Å². The van der Waals surface area contributed by atoms with Crippen molar-refractivity contribution >= 4 is 45.8 Å². The molecule has 2 aromatic rings. The number of carbonyl (C=O) groups is 1.